The Morgan fingerprint density at radius 2 is 1.74 bits per heavy atom. The first-order chi connectivity index (χ1) is 16.8. The van der Waals surface area contributed by atoms with Crippen molar-refractivity contribution in [3.8, 4) is 11.4 Å². The van der Waals surface area contributed by atoms with E-state index in [1.165, 1.54) is 42.2 Å². The molecule has 1 amide bonds. The zero-order valence-corrected chi connectivity index (χ0v) is 21.9. The molecule has 3 aromatic rings. The van der Waals surface area contributed by atoms with E-state index in [4.69, 9.17) is 0 Å². The maximum Gasteiger partial charge on any atom is 0.250 e. The van der Waals surface area contributed by atoms with Gasteiger partial charge in [-0.3, -0.25) is 9.36 Å². The highest BCUT2D eigenvalue weighted by atomic mass is 32.2. The van der Waals surface area contributed by atoms with Crippen LogP contribution in [0.25, 0.3) is 11.4 Å². The van der Waals surface area contributed by atoms with E-state index in [0.717, 1.165) is 34.9 Å². The Morgan fingerprint density at radius 3 is 2.40 bits per heavy atom. The average Bonchev–Trinajstić information content (AvgIpc) is 3.27. The van der Waals surface area contributed by atoms with Crippen LogP contribution in [0.5, 0.6) is 0 Å². The first-order valence-electron chi connectivity index (χ1n) is 12.4. The third kappa shape index (κ3) is 6.60. The summed E-state index contributed by atoms with van der Waals surface area (Å²) < 4.78 is 2.25. The van der Waals surface area contributed by atoms with Crippen molar-refractivity contribution in [2.24, 2.45) is 5.10 Å². The van der Waals surface area contributed by atoms with Crippen LogP contribution >= 0.6 is 11.8 Å². The number of carbonyl (C=O) groups excluding carboxylic acids is 1. The number of hydrogen-bond acceptors (Lipinski definition) is 5. The molecular formula is C28H35N5OS. The molecule has 35 heavy (non-hydrogen) atoms. The number of nitrogens with zero attached hydrogens (tertiary/aromatic N) is 4. The number of hydrogen-bond donors (Lipinski definition) is 1. The van der Waals surface area contributed by atoms with Gasteiger partial charge in [0.25, 0.3) is 5.91 Å². The summed E-state index contributed by atoms with van der Waals surface area (Å²) in [6, 6.07) is 17.0. The van der Waals surface area contributed by atoms with Gasteiger partial charge in [0.15, 0.2) is 11.0 Å². The van der Waals surface area contributed by atoms with Crippen molar-refractivity contribution in [2.75, 3.05) is 5.75 Å². The van der Waals surface area contributed by atoms with Gasteiger partial charge < -0.3 is 0 Å². The summed E-state index contributed by atoms with van der Waals surface area (Å²) in [6.45, 7) is 8.64. The SMILES string of the molecule is Cc1ccc(-c2nnc(SCC(=O)N/N=C/c3ccc(C(C)(C)C)cc3)n2C2CCCCC2)cc1. The number of aromatic nitrogens is 3. The Hall–Kier alpha value is -2.93. The van der Waals surface area contributed by atoms with Crippen LogP contribution in [0.1, 0.15) is 75.6 Å². The van der Waals surface area contributed by atoms with Crippen LogP contribution in [0.15, 0.2) is 58.8 Å². The summed E-state index contributed by atoms with van der Waals surface area (Å²) in [5, 5.41) is 13.9. The van der Waals surface area contributed by atoms with E-state index in [2.05, 4.69) is 89.4 Å². The van der Waals surface area contributed by atoms with E-state index in [0.29, 0.717) is 6.04 Å². The van der Waals surface area contributed by atoms with E-state index >= 15 is 0 Å². The topological polar surface area (TPSA) is 72.2 Å². The summed E-state index contributed by atoms with van der Waals surface area (Å²) in [4.78, 5) is 12.5. The van der Waals surface area contributed by atoms with Crippen molar-refractivity contribution < 1.29 is 4.79 Å². The summed E-state index contributed by atoms with van der Waals surface area (Å²) in [5.41, 5.74) is 7.25. The van der Waals surface area contributed by atoms with Crippen molar-refractivity contribution in [1.82, 2.24) is 20.2 Å². The van der Waals surface area contributed by atoms with Crippen LogP contribution in [-0.2, 0) is 10.2 Å². The zero-order chi connectivity index (χ0) is 24.8. The van der Waals surface area contributed by atoms with Crippen molar-refractivity contribution in [3.05, 3.63) is 65.2 Å². The van der Waals surface area contributed by atoms with E-state index in [-0.39, 0.29) is 17.1 Å². The van der Waals surface area contributed by atoms with E-state index < -0.39 is 0 Å². The quantitative estimate of drug-likeness (QED) is 0.240. The Morgan fingerprint density at radius 1 is 1.06 bits per heavy atom. The Bertz CT molecular complexity index is 1150. The molecule has 2 aromatic carbocycles. The van der Waals surface area contributed by atoms with Gasteiger partial charge >= 0.3 is 0 Å². The van der Waals surface area contributed by atoms with Crippen LogP contribution < -0.4 is 5.43 Å². The minimum atomic E-state index is -0.160. The highest BCUT2D eigenvalue weighted by Crippen LogP contribution is 2.35. The molecule has 6 nitrogen and oxygen atoms in total. The van der Waals surface area contributed by atoms with Gasteiger partial charge in [0.2, 0.25) is 0 Å². The van der Waals surface area contributed by atoms with Gasteiger partial charge in [-0.2, -0.15) is 5.10 Å². The lowest BCUT2D eigenvalue weighted by Gasteiger charge is -2.25. The number of hydrazone groups is 1. The number of benzene rings is 2. The molecule has 1 fully saturated rings. The molecule has 184 valence electrons. The third-order valence-electron chi connectivity index (χ3n) is 6.43. The maximum absolute atomic E-state index is 12.5. The molecule has 7 heteroatoms. The summed E-state index contributed by atoms with van der Waals surface area (Å²) in [5.74, 6) is 0.961. The van der Waals surface area contributed by atoms with Crippen molar-refractivity contribution in [3.63, 3.8) is 0 Å². The molecule has 0 spiro atoms. The zero-order valence-electron chi connectivity index (χ0n) is 21.1. The highest BCUT2D eigenvalue weighted by molar-refractivity contribution is 7.99. The first kappa shape index (κ1) is 25.2. The second-order valence-corrected chi connectivity index (χ2v) is 11.2. The van der Waals surface area contributed by atoms with Gasteiger partial charge in [-0.1, -0.05) is 106 Å². The number of thioether (sulfide) groups is 1. The molecule has 1 saturated carbocycles. The monoisotopic (exact) mass is 489 g/mol. The summed E-state index contributed by atoms with van der Waals surface area (Å²) >= 11 is 1.42. The van der Waals surface area contributed by atoms with Crippen LogP contribution in [-0.4, -0.2) is 32.6 Å². The summed E-state index contributed by atoms with van der Waals surface area (Å²) in [7, 11) is 0. The standard InChI is InChI=1S/C28H35N5OS/c1-20-10-14-22(15-11-20)26-31-32-27(33(26)24-8-6-5-7-9-24)35-19-25(34)30-29-18-21-12-16-23(17-13-21)28(2,3)4/h10-18,24H,5-9,19H2,1-4H3,(H,30,34)/b29-18+. The lowest BCUT2D eigenvalue weighted by atomic mass is 9.87. The molecule has 1 heterocycles. The van der Waals surface area contributed by atoms with Crippen LogP contribution in [0.4, 0.5) is 0 Å². The van der Waals surface area contributed by atoms with Gasteiger partial charge in [-0.25, -0.2) is 5.43 Å². The number of carbonyl (C=O) groups is 1. The van der Waals surface area contributed by atoms with E-state index in [9.17, 15) is 4.79 Å². The molecule has 1 aliphatic rings. The number of rotatable bonds is 7. The number of nitrogens with one attached hydrogen (secondary N) is 1. The molecule has 1 aromatic heterocycles. The highest BCUT2D eigenvalue weighted by Gasteiger charge is 2.24. The molecular weight excluding hydrogens is 454 g/mol. The van der Waals surface area contributed by atoms with Crippen LogP contribution in [0.2, 0.25) is 0 Å². The van der Waals surface area contributed by atoms with Gasteiger partial charge in [0.05, 0.1) is 12.0 Å². The fraction of sp³-hybridized carbons (Fsp3) is 0.429. The maximum atomic E-state index is 12.5. The lowest BCUT2D eigenvalue weighted by molar-refractivity contribution is -0.118. The molecule has 0 unspecified atom stereocenters. The lowest BCUT2D eigenvalue weighted by Crippen LogP contribution is -2.20. The minimum Gasteiger partial charge on any atom is -0.299 e. The summed E-state index contributed by atoms with van der Waals surface area (Å²) in [6.07, 6.45) is 7.62. The molecule has 0 saturated heterocycles. The molecule has 0 atom stereocenters. The average molecular weight is 490 g/mol. The predicted octanol–water partition coefficient (Wildman–Crippen LogP) is 6.30. The Balaban J connectivity index is 1.41. The molecule has 0 bridgehead atoms. The van der Waals surface area contributed by atoms with Crippen LogP contribution in [0, 0.1) is 6.92 Å². The molecule has 0 radical (unpaired) electrons. The normalized spacial score (nSPS) is 15.0. The largest absolute Gasteiger partial charge is 0.299 e. The third-order valence-corrected chi connectivity index (χ3v) is 7.37. The van der Waals surface area contributed by atoms with Gasteiger partial charge in [-0.05, 0) is 36.3 Å². The molecule has 0 aliphatic heterocycles. The minimum absolute atomic E-state index is 0.110. The van der Waals surface area contributed by atoms with Gasteiger partial charge in [-0.15, -0.1) is 10.2 Å². The Labute approximate surface area is 212 Å². The Kier molecular flexibility index (Phi) is 8.06. The van der Waals surface area contributed by atoms with Gasteiger partial charge in [0.1, 0.15) is 0 Å². The molecule has 1 N–H and O–H groups in total. The van der Waals surface area contributed by atoms with Crippen molar-refractivity contribution >= 4 is 23.9 Å². The van der Waals surface area contributed by atoms with E-state index in [1.807, 2.05) is 12.1 Å². The van der Waals surface area contributed by atoms with Crippen LogP contribution in [0.3, 0.4) is 0 Å². The number of amides is 1. The second kappa shape index (κ2) is 11.2. The fourth-order valence-electron chi connectivity index (χ4n) is 4.35. The van der Waals surface area contributed by atoms with Crippen molar-refractivity contribution in [2.45, 2.75) is 76.4 Å². The van der Waals surface area contributed by atoms with Gasteiger partial charge in [0, 0.05) is 11.6 Å². The van der Waals surface area contributed by atoms with Crippen molar-refractivity contribution in [1.29, 1.82) is 0 Å². The fourth-order valence-corrected chi connectivity index (χ4v) is 5.15. The predicted molar refractivity (Wildman–Crippen MR) is 144 cm³/mol. The molecule has 4 rings (SSSR count). The second-order valence-electron chi connectivity index (χ2n) is 10.3. The van der Waals surface area contributed by atoms with E-state index in [1.54, 1.807) is 6.21 Å². The number of aryl methyl sites for hydroxylation is 1. The smallest absolute Gasteiger partial charge is 0.250 e. The first-order valence-corrected chi connectivity index (χ1v) is 13.4. The molecule has 1 aliphatic carbocycles.